The van der Waals surface area contributed by atoms with Crippen LogP contribution in [0.15, 0.2) is 237 Å². The van der Waals surface area contributed by atoms with Gasteiger partial charge in [0, 0.05) is 16.5 Å². The second kappa shape index (κ2) is 12.8. The molecule has 0 fully saturated rings. The molecule has 1 aromatic heterocycles. The van der Waals surface area contributed by atoms with Gasteiger partial charge >= 0.3 is 0 Å². The van der Waals surface area contributed by atoms with Crippen LogP contribution in [-0.2, 0) is 10.8 Å². The number of aromatic nitrogens is 1. The Labute approximate surface area is 366 Å². The lowest BCUT2D eigenvalue weighted by atomic mass is 9.52. The molecule has 2 spiro atoms. The number of fused-ring (bicyclic) bond motifs is 19. The predicted octanol–water partition coefficient (Wildman–Crippen LogP) is 15.2. The molecule has 63 heavy (non-hydrogen) atoms. The van der Waals surface area contributed by atoms with Crippen LogP contribution in [0.4, 0.5) is 0 Å². The summed E-state index contributed by atoms with van der Waals surface area (Å²) in [6.45, 7) is 0. The van der Waals surface area contributed by atoms with Crippen LogP contribution < -0.4 is 0 Å². The second-order valence-electron chi connectivity index (χ2n) is 17.5. The molecule has 3 aliphatic carbocycles. The highest BCUT2D eigenvalue weighted by molar-refractivity contribution is 6.09. The second-order valence-corrected chi connectivity index (χ2v) is 17.5. The van der Waals surface area contributed by atoms with Gasteiger partial charge < -0.3 is 4.57 Å². The van der Waals surface area contributed by atoms with Crippen molar-refractivity contribution in [3.63, 3.8) is 0 Å². The van der Waals surface area contributed by atoms with Crippen molar-refractivity contribution in [3.05, 3.63) is 281 Å². The molecule has 0 amide bonds. The third-order valence-electron chi connectivity index (χ3n) is 14.7. The van der Waals surface area contributed by atoms with E-state index in [0.717, 1.165) is 5.69 Å². The first-order chi connectivity index (χ1) is 31.3. The first-order valence-electron chi connectivity index (χ1n) is 22.1. The molecule has 0 aliphatic heterocycles. The van der Waals surface area contributed by atoms with E-state index in [-0.39, 0.29) is 0 Å². The van der Waals surface area contributed by atoms with Crippen LogP contribution in [0.2, 0.25) is 0 Å². The predicted molar refractivity (Wildman–Crippen MR) is 260 cm³/mol. The Kier molecular flexibility index (Phi) is 7.03. The Morgan fingerprint density at radius 1 is 0.238 bits per heavy atom. The van der Waals surface area contributed by atoms with E-state index >= 15 is 0 Å². The molecule has 0 atom stereocenters. The van der Waals surface area contributed by atoms with E-state index in [1.807, 2.05) is 0 Å². The maximum Gasteiger partial charge on any atom is 0.0720 e. The van der Waals surface area contributed by atoms with Crippen molar-refractivity contribution in [2.24, 2.45) is 0 Å². The number of nitrogens with zero attached hydrogens (tertiary/aromatic N) is 1. The van der Waals surface area contributed by atoms with E-state index < -0.39 is 10.8 Å². The van der Waals surface area contributed by atoms with Gasteiger partial charge in [-0.05, 0) is 125 Å². The molecule has 1 heteroatoms. The minimum Gasteiger partial charge on any atom is -0.309 e. The summed E-state index contributed by atoms with van der Waals surface area (Å²) in [5.74, 6) is 0. The van der Waals surface area contributed by atoms with E-state index in [1.54, 1.807) is 0 Å². The highest BCUT2D eigenvalue weighted by Crippen LogP contribution is 2.67. The SMILES string of the molecule is c1cc(-c2cccc(-n3c4ccccc4c4ccccc43)c2)cc(-c2ccc3c(c2)C2(c4ccccc4-c4ccccc42)c2ccccc2C32c3ccccc3-c3ccccc32)c1. The highest BCUT2D eigenvalue weighted by Gasteiger charge is 2.58. The molecule has 11 aromatic rings. The normalized spacial score (nSPS) is 14.3. The molecule has 1 nitrogen and oxygen atoms in total. The fraction of sp³-hybridized carbons (Fsp3) is 0.0323. The molecule has 0 bridgehead atoms. The number of hydrogen-bond donors (Lipinski definition) is 0. The molecule has 0 radical (unpaired) electrons. The first-order valence-corrected chi connectivity index (χ1v) is 22.1. The van der Waals surface area contributed by atoms with Crippen LogP contribution in [0.5, 0.6) is 0 Å². The zero-order valence-electron chi connectivity index (χ0n) is 34.5. The Bertz CT molecular complexity index is 3570. The lowest BCUT2D eigenvalue weighted by Crippen LogP contribution is -2.43. The minimum atomic E-state index is -0.527. The van der Waals surface area contributed by atoms with Gasteiger partial charge in [-0.2, -0.15) is 0 Å². The molecular weight excluding hydrogens is 759 g/mol. The number of para-hydroxylation sites is 2. The van der Waals surface area contributed by atoms with Crippen molar-refractivity contribution >= 4 is 21.8 Å². The average Bonchev–Trinajstić information content (AvgIpc) is 3.97. The summed E-state index contributed by atoms with van der Waals surface area (Å²) in [5.41, 5.74) is 23.4. The largest absolute Gasteiger partial charge is 0.309 e. The van der Waals surface area contributed by atoms with Gasteiger partial charge in [0.15, 0.2) is 0 Å². The van der Waals surface area contributed by atoms with Crippen molar-refractivity contribution in [2.45, 2.75) is 10.8 Å². The molecule has 292 valence electrons. The molecule has 0 unspecified atom stereocenters. The Hall–Kier alpha value is -8.00. The van der Waals surface area contributed by atoms with Gasteiger partial charge in [-0.1, -0.05) is 200 Å². The smallest absolute Gasteiger partial charge is 0.0720 e. The zero-order valence-corrected chi connectivity index (χ0v) is 34.5. The third-order valence-corrected chi connectivity index (χ3v) is 14.7. The van der Waals surface area contributed by atoms with Crippen molar-refractivity contribution in [3.8, 4) is 50.2 Å². The zero-order chi connectivity index (χ0) is 41.3. The lowest BCUT2D eigenvalue weighted by molar-refractivity contribution is 0.633. The van der Waals surface area contributed by atoms with Crippen LogP contribution >= 0.6 is 0 Å². The van der Waals surface area contributed by atoms with Crippen molar-refractivity contribution in [1.29, 1.82) is 0 Å². The summed E-state index contributed by atoms with van der Waals surface area (Å²) < 4.78 is 2.41. The fourth-order valence-corrected chi connectivity index (χ4v) is 12.3. The maximum absolute atomic E-state index is 2.56. The summed E-state index contributed by atoms with van der Waals surface area (Å²) in [5, 5.41) is 2.54. The average molecular weight is 798 g/mol. The summed E-state index contributed by atoms with van der Waals surface area (Å²) >= 11 is 0. The molecule has 0 saturated heterocycles. The van der Waals surface area contributed by atoms with E-state index in [9.17, 15) is 0 Å². The van der Waals surface area contributed by atoms with Gasteiger partial charge in [0.1, 0.15) is 0 Å². The van der Waals surface area contributed by atoms with Crippen LogP contribution in [0.3, 0.4) is 0 Å². The molecule has 0 N–H and O–H groups in total. The number of rotatable bonds is 3. The standard InChI is InChI=1S/C62H39N/c1-7-27-51-45(21-1)46-22-2-8-28-52(46)61(51)55-31-11-12-32-56(55)62(53-29-9-3-23-47(53)48-24-4-10-30-54(48)62)58-39-43(35-36-57(58)61)41-18-15-17-40(37-41)42-19-16-20-44(38-42)63-59-33-13-5-25-49(59)50-26-6-14-34-60(50)63/h1-39H. The number of benzene rings is 10. The molecule has 10 aromatic carbocycles. The summed E-state index contributed by atoms with van der Waals surface area (Å²) in [6.07, 6.45) is 0. The van der Waals surface area contributed by atoms with Gasteiger partial charge in [-0.3, -0.25) is 0 Å². The van der Waals surface area contributed by atoms with Gasteiger partial charge in [0.2, 0.25) is 0 Å². The van der Waals surface area contributed by atoms with Crippen LogP contribution in [0.25, 0.3) is 72.0 Å². The molecular formula is C62H39N. The first kappa shape index (κ1) is 34.7. The Balaban J connectivity index is 1.02. The van der Waals surface area contributed by atoms with Crippen LogP contribution in [0.1, 0.15) is 44.5 Å². The van der Waals surface area contributed by atoms with Crippen molar-refractivity contribution in [1.82, 2.24) is 4.57 Å². The lowest BCUT2D eigenvalue weighted by Gasteiger charge is -2.49. The Morgan fingerprint density at radius 3 is 1.11 bits per heavy atom. The monoisotopic (exact) mass is 797 g/mol. The van der Waals surface area contributed by atoms with Crippen molar-refractivity contribution in [2.75, 3.05) is 0 Å². The van der Waals surface area contributed by atoms with Gasteiger partial charge in [0.25, 0.3) is 0 Å². The quantitative estimate of drug-likeness (QED) is 0.168. The van der Waals surface area contributed by atoms with E-state index in [0.29, 0.717) is 0 Å². The van der Waals surface area contributed by atoms with Gasteiger partial charge in [-0.25, -0.2) is 0 Å². The third kappa shape index (κ3) is 4.41. The summed E-state index contributed by atoms with van der Waals surface area (Å²) in [4.78, 5) is 0. The highest BCUT2D eigenvalue weighted by atomic mass is 15.0. The molecule has 1 heterocycles. The van der Waals surface area contributed by atoms with Crippen LogP contribution in [-0.4, -0.2) is 4.57 Å². The minimum absolute atomic E-state index is 0.496. The summed E-state index contributed by atoms with van der Waals surface area (Å²) in [6, 6.07) is 89.1. The van der Waals surface area contributed by atoms with Gasteiger partial charge in [-0.15, -0.1) is 0 Å². The van der Waals surface area contributed by atoms with E-state index in [4.69, 9.17) is 0 Å². The van der Waals surface area contributed by atoms with Gasteiger partial charge in [0.05, 0.1) is 21.9 Å². The molecule has 0 saturated carbocycles. The van der Waals surface area contributed by atoms with E-state index in [1.165, 1.54) is 111 Å². The maximum atomic E-state index is 2.56. The number of hydrogen-bond acceptors (Lipinski definition) is 0. The van der Waals surface area contributed by atoms with Crippen LogP contribution in [0, 0.1) is 0 Å². The van der Waals surface area contributed by atoms with E-state index in [2.05, 4.69) is 241 Å². The fourth-order valence-electron chi connectivity index (χ4n) is 12.3. The molecule has 3 aliphatic rings. The Morgan fingerprint density at radius 2 is 0.603 bits per heavy atom. The van der Waals surface area contributed by atoms with Crippen molar-refractivity contribution < 1.29 is 0 Å². The molecule has 14 rings (SSSR count). The topological polar surface area (TPSA) is 4.93 Å². The summed E-state index contributed by atoms with van der Waals surface area (Å²) in [7, 11) is 0.